The summed E-state index contributed by atoms with van der Waals surface area (Å²) >= 11 is 0. The minimum Gasteiger partial charge on any atom is -0.399 e. The van der Waals surface area contributed by atoms with Crippen molar-refractivity contribution in [3.05, 3.63) is 23.8 Å². The van der Waals surface area contributed by atoms with Crippen LogP contribution >= 0.6 is 0 Å². The molecule has 1 heterocycles. The van der Waals surface area contributed by atoms with E-state index in [1.807, 2.05) is 13.0 Å². The third-order valence-electron chi connectivity index (χ3n) is 3.69. The van der Waals surface area contributed by atoms with Gasteiger partial charge >= 0.3 is 0 Å². The Morgan fingerprint density at radius 1 is 1.37 bits per heavy atom. The SMILES string of the molecule is CC1(O)CCCN(c2ccc(N)cc2C(N)=O)CC1. The van der Waals surface area contributed by atoms with Crippen LogP contribution in [-0.4, -0.2) is 29.7 Å². The summed E-state index contributed by atoms with van der Waals surface area (Å²) in [4.78, 5) is 13.6. The van der Waals surface area contributed by atoms with Crippen LogP contribution in [-0.2, 0) is 0 Å². The van der Waals surface area contributed by atoms with Crippen molar-refractivity contribution in [2.24, 2.45) is 5.73 Å². The molecule has 1 aromatic rings. The topological polar surface area (TPSA) is 92.6 Å². The molecule has 1 aliphatic rings. The largest absolute Gasteiger partial charge is 0.399 e. The fraction of sp³-hybridized carbons (Fsp3) is 0.500. The highest BCUT2D eigenvalue weighted by molar-refractivity contribution is 5.99. The van der Waals surface area contributed by atoms with Crippen molar-refractivity contribution in [1.82, 2.24) is 0 Å². The molecule has 1 aromatic carbocycles. The van der Waals surface area contributed by atoms with Crippen molar-refractivity contribution in [3.8, 4) is 0 Å². The molecule has 1 atom stereocenters. The van der Waals surface area contributed by atoms with Gasteiger partial charge in [0.2, 0.25) is 0 Å². The van der Waals surface area contributed by atoms with E-state index >= 15 is 0 Å². The molecule has 1 saturated heterocycles. The van der Waals surface area contributed by atoms with Gasteiger partial charge in [-0.2, -0.15) is 0 Å². The van der Waals surface area contributed by atoms with Crippen molar-refractivity contribution < 1.29 is 9.90 Å². The van der Waals surface area contributed by atoms with Gasteiger partial charge in [0.25, 0.3) is 5.91 Å². The Morgan fingerprint density at radius 3 is 2.79 bits per heavy atom. The van der Waals surface area contributed by atoms with Crippen molar-refractivity contribution in [2.75, 3.05) is 23.7 Å². The number of nitrogens with zero attached hydrogens (tertiary/aromatic N) is 1. The fourth-order valence-electron chi connectivity index (χ4n) is 2.53. The number of nitrogen functional groups attached to an aromatic ring is 1. The third kappa shape index (κ3) is 3.17. The molecule has 0 saturated carbocycles. The number of hydrogen-bond donors (Lipinski definition) is 3. The Kier molecular flexibility index (Phi) is 3.66. The second-order valence-electron chi connectivity index (χ2n) is 5.48. The van der Waals surface area contributed by atoms with E-state index < -0.39 is 11.5 Å². The first-order valence-electron chi connectivity index (χ1n) is 6.56. The molecule has 2 rings (SSSR count). The summed E-state index contributed by atoms with van der Waals surface area (Å²) in [6.07, 6.45) is 2.33. The number of anilines is 2. The van der Waals surface area contributed by atoms with E-state index in [0.29, 0.717) is 24.2 Å². The maximum absolute atomic E-state index is 11.5. The zero-order valence-electron chi connectivity index (χ0n) is 11.2. The van der Waals surface area contributed by atoms with Gasteiger partial charge in [0.15, 0.2) is 0 Å². The molecule has 5 N–H and O–H groups in total. The summed E-state index contributed by atoms with van der Waals surface area (Å²) in [6, 6.07) is 5.21. The smallest absolute Gasteiger partial charge is 0.250 e. The molecule has 19 heavy (non-hydrogen) atoms. The van der Waals surface area contributed by atoms with E-state index in [9.17, 15) is 9.90 Å². The normalized spacial score (nSPS) is 24.0. The van der Waals surface area contributed by atoms with Crippen LogP contribution in [0.25, 0.3) is 0 Å². The second-order valence-corrected chi connectivity index (χ2v) is 5.48. The molecule has 5 nitrogen and oxygen atoms in total. The molecule has 104 valence electrons. The number of rotatable bonds is 2. The summed E-state index contributed by atoms with van der Waals surface area (Å²) in [5, 5.41) is 10.1. The summed E-state index contributed by atoms with van der Waals surface area (Å²) < 4.78 is 0. The molecule has 1 fully saturated rings. The maximum Gasteiger partial charge on any atom is 0.250 e. The lowest BCUT2D eigenvalue weighted by atomic mass is 9.98. The Morgan fingerprint density at radius 2 is 2.11 bits per heavy atom. The van der Waals surface area contributed by atoms with Crippen LogP contribution < -0.4 is 16.4 Å². The Labute approximate surface area is 113 Å². The van der Waals surface area contributed by atoms with Gasteiger partial charge in [-0.3, -0.25) is 4.79 Å². The molecule has 5 heteroatoms. The quantitative estimate of drug-likeness (QED) is 0.697. The first-order chi connectivity index (χ1) is 8.89. The minimum atomic E-state index is -0.630. The number of carbonyl (C=O) groups is 1. The lowest BCUT2D eigenvalue weighted by Gasteiger charge is -2.26. The average Bonchev–Trinajstić information content (AvgIpc) is 2.50. The van der Waals surface area contributed by atoms with E-state index in [1.165, 1.54) is 0 Å². The van der Waals surface area contributed by atoms with Crippen LogP contribution in [0, 0.1) is 0 Å². The van der Waals surface area contributed by atoms with Crippen molar-refractivity contribution in [2.45, 2.75) is 31.8 Å². The van der Waals surface area contributed by atoms with E-state index in [4.69, 9.17) is 11.5 Å². The van der Waals surface area contributed by atoms with Crippen LogP contribution in [0.2, 0.25) is 0 Å². The zero-order valence-corrected chi connectivity index (χ0v) is 11.2. The van der Waals surface area contributed by atoms with Gasteiger partial charge in [-0.15, -0.1) is 0 Å². The van der Waals surface area contributed by atoms with Gasteiger partial charge in [0.1, 0.15) is 0 Å². The molecular weight excluding hydrogens is 242 g/mol. The highest BCUT2D eigenvalue weighted by Crippen LogP contribution is 2.28. The molecule has 0 spiro atoms. The van der Waals surface area contributed by atoms with Crippen molar-refractivity contribution in [1.29, 1.82) is 0 Å². The summed E-state index contributed by atoms with van der Waals surface area (Å²) in [5.74, 6) is -0.474. The number of aliphatic hydroxyl groups is 1. The van der Waals surface area contributed by atoms with Crippen LogP contribution in [0.5, 0.6) is 0 Å². The standard InChI is InChI=1S/C14H21N3O2/c1-14(19)5-2-7-17(8-6-14)12-4-3-10(15)9-11(12)13(16)18/h3-4,9,19H,2,5-8,15H2,1H3,(H2,16,18). The van der Waals surface area contributed by atoms with E-state index in [0.717, 1.165) is 25.1 Å². The number of primary amides is 1. The van der Waals surface area contributed by atoms with Gasteiger partial charge in [-0.25, -0.2) is 0 Å². The van der Waals surface area contributed by atoms with Crippen LogP contribution in [0.4, 0.5) is 11.4 Å². The molecule has 1 amide bonds. The highest BCUT2D eigenvalue weighted by Gasteiger charge is 2.26. The average molecular weight is 263 g/mol. The summed E-state index contributed by atoms with van der Waals surface area (Å²) in [7, 11) is 0. The summed E-state index contributed by atoms with van der Waals surface area (Å²) in [5.41, 5.74) is 12.3. The van der Waals surface area contributed by atoms with E-state index in [2.05, 4.69) is 4.90 Å². The Hall–Kier alpha value is -1.75. The predicted octanol–water partition coefficient (Wildman–Crippen LogP) is 1.11. The molecule has 0 radical (unpaired) electrons. The Balaban J connectivity index is 2.29. The van der Waals surface area contributed by atoms with Gasteiger partial charge in [0, 0.05) is 24.5 Å². The monoisotopic (exact) mass is 263 g/mol. The second kappa shape index (κ2) is 5.09. The van der Waals surface area contributed by atoms with E-state index in [-0.39, 0.29) is 0 Å². The number of benzene rings is 1. The summed E-state index contributed by atoms with van der Waals surface area (Å²) in [6.45, 7) is 3.37. The molecule has 0 aromatic heterocycles. The number of hydrogen-bond acceptors (Lipinski definition) is 4. The van der Waals surface area contributed by atoms with Crippen LogP contribution in [0.3, 0.4) is 0 Å². The number of carbonyl (C=O) groups excluding carboxylic acids is 1. The number of amides is 1. The van der Waals surface area contributed by atoms with Gasteiger partial charge in [-0.1, -0.05) is 0 Å². The van der Waals surface area contributed by atoms with E-state index in [1.54, 1.807) is 12.1 Å². The van der Waals surface area contributed by atoms with Crippen LogP contribution in [0.1, 0.15) is 36.5 Å². The molecule has 0 bridgehead atoms. The van der Waals surface area contributed by atoms with Gasteiger partial charge in [-0.05, 0) is 44.4 Å². The number of nitrogens with two attached hydrogens (primary N) is 2. The van der Waals surface area contributed by atoms with Crippen molar-refractivity contribution in [3.63, 3.8) is 0 Å². The molecule has 1 aliphatic heterocycles. The predicted molar refractivity (Wildman–Crippen MR) is 76.1 cm³/mol. The first kappa shape index (κ1) is 13.7. The highest BCUT2D eigenvalue weighted by atomic mass is 16.3. The fourth-order valence-corrected chi connectivity index (χ4v) is 2.53. The van der Waals surface area contributed by atoms with Crippen molar-refractivity contribution >= 4 is 17.3 Å². The Bertz CT molecular complexity index is 486. The zero-order chi connectivity index (χ0) is 14.0. The van der Waals surface area contributed by atoms with Crippen LogP contribution in [0.15, 0.2) is 18.2 Å². The first-order valence-corrected chi connectivity index (χ1v) is 6.56. The van der Waals surface area contributed by atoms with Gasteiger partial charge < -0.3 is 21.5 Å². The maximum atomic E-state index is 11.5. The molecular formula is C14H21N3O2. The lowest BCUT2D eigenvalue weighted by Crippen LogP contribution is -2.30. The molecule has 1 unspecified atom stereocenters. The molecule has 0 aliphatic carbocycles. The lowest BCUT2D eigenvalue weighted by molar-refractivity contribution is 0.0481. The van der Waals surface area contributed by atoms with Gasteiger partial charge in [0.05, 0.1) is 11.2 Å². The minimum absolute atomic E-state index is 0.446. The third-order valence-corrected chi connectivity index (χ3v) is 3.69.